The van der Waals surface area contributed by atoms with Crippen molar-refractivity contribution in [2.24, 2.45) is 5.41 Å². The molecule has 0 amide bonds. The smallest absolute Gasteiger partial charge is 0.0762 e. The van der Waals surface area contributed by atoms with Gasteiger partial charge >= 0.3 is 0 Å². The Morgan fingerprint density at radius 2 is 2.30 bits per heavy atom. The summed E-state index contributed by atoms with van der Waals surface area (Å²) in [6.07, 6.45) is 0.414. The third-order valence-corrected chi connectivity index (χ3v) is 2.15. The predicted octanol–water partition coefficient (Wildman–Crippen LogP) is 1.02. The van der Waals surface area contributed by atoms with Crippen LogP contribution in [0.25, 0.3) is 0 Å². The summed E-state index contributed by atoms with van der Waals surface area (Å²) in [6.45, 7) is 9.46. The zero-order valence-electron chi connectivity index (χ0n) is 7.11. The standard InChI is InChI=1S/C8H17NO/c1-4-10-7-5-9-6-8(7,2)3/h7,9H,4-6H2,1-3H3. The largest absolute Gasteiger partial charge is 0.377 e. The van der Waals surface area contributed by atoms with Crippen molar-refractivity contribution >= 4 is 0 Å². The van der Waals surface area contributed by atoms with Crippen LogP contribution in [-0.4, -0.2) is 25.8 Å². The van der Waals surface area contributed by atoms with Crippen LogP contribution in [0.5, 0.6) is 0 Å². The molecule has 2 nitrogen and oxygen atoms in total. The molecular weight excluding hydrogens is 126 g/mol. The summed E-state index contributed by atoms with van der Waals surface area (Å²) < 4.78 is 5.56. The van der Waals surface area contributed by atoms with Gasteiger partial charge < -0.3 is 10.1 Å². The molecule has 0 aromatic rings. The van der Waals surface area contributed by atoms with Gasteiger partial charge in [-0.3, -0.25) is 0 Å². The Hall–Kier alpha value is -0.0800. The predicted molar refractivity (Wildman–Crippen MR) is 42.1 cm³/mol. The van der Waals surface area contributed by atoms with Gasteiger partial charge in [-0.1, -0.05) is 13.8 Å². The Morgan fingerprint density at radius 3 is 2.70 bits per heavy atom. The van der Waals surface area contributed by atoms with E-state index in [0.717, 1.165) is 19.7 Å². The van der Waals surface area contributed by atoms with Crippen LogP contribution in [0.15, 0.2) is 0 Å². The lowest BCUT2D eigenvalue weighted by atomic mass is 9.90. The van der Waals surface area contributed by atoms with Crippen molar-refractivity contribution in [2.45, 2.75) is 26.9 Å². The van der Waals surface area contributed by atoms with Crippen LogP contribution in [0.1, 0.15) is 20.8 Å². The van der Waals surface area contributed by atoms with E-state index in [2.05, 4.69) is 26.1 Å². The van der Waals surface area contributed by atoms with Gasteiger partial charge in [-0.2, -0.15) is 0 Å². The number of hydrogen-bond donors (Lipinski definition) is 1. The average Bonchev–Trinajstić information content (AvgIpc) is 2.13. The van der Waals surface area contributed by atoms with Crippen LogP contribution in [0.4, 0.5) is 0 Å². The van der Waals surface area contributed by atoms with E-state index < -0.39 is 0 Å². The lowest BCUT2D eigenvalue weighted by Gasteiger charge is -2.24. The molecule has 1 rings (SSSR count). The van der Waals surface area contributed by atoms with Gasteiger partial charge in [0.15, 0.2) is 0 Å². The molecule has 1 aliphatic rings. The lowest BCUT2D eigenvalue weighted by molar-refractivity contribution is 0.0135. The van der Waals surface area contributed by atoms with Gasteiger partial charge in [-0.15, -0.1) is 0 Å². The molecule has 1 saturated heterocycles. The second-order valence-electron chi connectivity index (χ2n) is 3.56. The van der Waals surface area contributed by atoms with Crippen LogP contribution in [0.2, 0.25) is 0 Å². The molecule has 0 radical (unpaired) electrons. The van der Waals surface area contributed by atoms with Gasteiger partial charge in [0, 0.05) is 25.1 Å². The molecule has 1 unspecified atom stereocenters. The van der Waals surface area contributed by atoms with Gasteiger partial charge in [0.25, 0.3) is 0 Å². The molecule has 0 spiro atoms. The summed E-state index contributed by atoms with van der Waals surface area (Å²) in [7, 11) is 0. The molecule has 0 aromatic carbocycles. The number of ether oxygens (including phenoxy) is 1. The fourth-order valence-electron chi connectivity index (χ4n) is 1.40. The average molecular weight is 143 g/mol. The normalized spacial score (nSPS) is 30.9. The summed E-state index contributed by atoms with van der Waals surface area (Å²) in [4.78, 5) is 0. The minimum atomic E-state index is 0.329. The summed E-state index contributed by atoms with van der Waals surface area (Å²) in [5, 5.41) is 3.32. The van der Waals surface area contributed by atoms with Crippen LogP contribution in [0.3, 0.4) is 0 Å². The van der Waals surface area contributed by atoms with Crippen molar-refractivity contribution in [3.05, 3.63) is 0 Å². The van der Waals surface area contributed by atoms with Crippen LogP contribution in [-0.2, 0) is 4.74 Å². The maximum atomic E-state index is 5.56. The highest BCUT2D eigenvalue weighted by atomic mass is 16.5. The maximum Gasteiger partial charge on any atom is 0.0762 e. The van der Waals surface area contributed by atoms with Crippen molar-refractivity contribution in [3.8, 4) is 0 Å². The van der Waals surface area contributed by atoms with E-state index in [9.17, 15) is 0 Å². The van der Waals surface area contributed by atoms with Crippen LogP contribution < -0.4 is 5.32 Å². The van der Waals surface area contributed by atoms with Crippen LogP contribution in [0, 0.1) is 5.41 Å². The second-order valence-corrected chi connectivity index (χ2v) is 3.56. The van der Waals surface area contributed by atoms with E-state index in [4.69, 9.17) is 4.74 Å². The molecule has 2 heteroatoms. The van der Waals surface area contributed by atoms with E-state index in [1.165, 1.54) is 0 Å². The zero-order valence-corrected chi connectivity index (χ0v) is 7.11. The molecule has 0 saturated carbocycles. The molecular formula is C8H17NO. The summed E-state index contributed by atoms with van der Waals surface area (Å²) >= 11 is 0. The Kier molecular flexibility index (Phi) is 2.32. The number of rotatable bonds is 2. The third-order valence-electron chi connectivity index (χ3n) is 2.15. The van der Waals surface area contributed by atoms with Crippen LogP contribution >= 0.6 is 0 Å². The first-order chi connectivity index (χ1) is 4.67. The van der Waals surface area contributed by atoms with E-state index in [-0.39, 0.29) is 0 Å². The molecule has 0 aromatic heterocycles. The summed E-state index contributed by atoms with van der Waals surface area (Å²) in [6, 6.07) is 0. The van der Waals surface area contributed by atoms with Gasteiger partial charge in [-0.05, 0) is 6.92 Å². The first-order valence-corrected chi connectivity index (χ1v) is 3.99. The molecule has 0 bridgehead atoms. The molecule has 0 aliphatic carbocycles. The molecule has 1 atom stereocenters. The molecule has 1 fully saturated rings. The fourth-order valence-corrected chi connectivity index (χ4v) is 1.40. The molecule has 10 heavy (non-hydrogen) atoms. The minimum absolute atomic E-state index is 0.329. The summed E-state index contributed by atoms with van der Waals surface area (Å²) in [5.74, 6) is 0. The Balaban J connectivity index is 2.43. The monoisotopic (exact) mass is 143 g/mol. The Bertz CT molecular complexity index is 112. The molecule has 1 heterocycles. The highest BCUT2D eigenvalue weighted by molar-refractivity contribution is 4.89. The molecule has 1 aliphatic heterocycles. The molecule has 1 N–H and O–H groups in total. The highest BCUT2D eigenvalue weighted by Crippen LogP contribution is 2.26. The van der Waals surface area contributed by atoms with Crippen molar-refractivity contribution in [1.29, 1.82) is 0 Å². The summed E-state index contributed by atoms with van der Waals surface area (Å²) in [5.41, 5.74) is 0.329. The highest BCUT2D eigenvalue weighted by Gasteiger charge is 2.34. The van der Waals surface area contributed by atoms with Gasteiger partial charge in [0.05, 0.1) is 6.10 Å². The number of hydrogen-bond acceptors (Lipinski definition) is 2. The minimum Gasteiger partial charge on any atom is -0.377 e. The van der Waals surface area contributed by atoms with Crippen molar-refractivity contribution < 1.29 is 4.74 Å². The van der Waals surface area contributed by atoms with Gasteiger partial charge in [-0.25, -0.2) is 0 Å². The van der Waals surface area contributed by atoms with E-state index in [0.29, 0.717) is 11.5 Å². The SMILES string of the molecule is CCOC1CNCC1(C)C. The maximum absolute atomic E-state index is 5.56. The van der Waals surface area contributed by atoms with E-state index >= 15 is 0 Å². The van der Waals surface area contributed by atoms with Crippen molar-refractivity contribution in [1.82, 2.24) is 5.32 Å². The topological polar surface area (TPSA) is 21.3 Å². The van der Waals surface area contributed by atoms with E-state index in [1.54, 1.807) is 0 Å². The lowest BCUT2D eigenvalue weighted by Crippen LogP contribution is -2.29. The Morgan fingerprint density at radius 1 is 1.60 bits per heavy atom. The van der Waals surface area contributed by atoms with E-state index in [1.807, 2.05) is 0 Å². The zero-order chi connectivity index (χ0) is 7.61. The number of nitrogens with one attached hydrogen (secondary N) is 1. The Labute approximate surface area is 63.0 Å². The van der Waals surface area contributed by atoms with Gasteiger partial charge in [0.1, 0.15) is 0 Å². The van der Waals surface area contributed by atoms with Crippen molar-refractivity contribution in [3.63, 3.8) is 0 Å². The third kappa shape index (κ3) is 1.50. The van der Waals surface area contributed by atoms with Crippen molar-refractivity contribution in [2.75, 3.05) is 19.7 Å². The first kappa shape index (κ1) is 8.02. The van der Waals surface area contributed by atoms with Gasteiger partial charge in [0.2, 0.25) is 0 Å². The quantitative estimate of drug-likeness (QED) is 0.623. The molecule has 60 valence electrons. The first-order valence-electron chi connectivity index (χ1n) is 3.99. The second kappa shape index (κ2) is 2.89. The fraction of sp³-hybridized carbons (Fsp3) is 1.00.